The highest BCUT2D eigenvalue weighted by Crippen LogP contribution is 2.26. The molecule has 84 valence electrons. The molecule has 1 heterocycles. The van der Waals surface area contributed by atoms with Crippen LogP contribution in [-0.4, -0.2) is 9.78 Å². The first kappa shape index (κ1) is 10.5. The number of nitrogens with two attached hydrogens (primary N) is 1. The van der Waals surface area contributed by atoms with Gasteiger partial charge in [0.25, 0.3) is 0 Å². The molecule has 2 rings (SSSR count). The minimum absolute atomic E-state index is 0.679. The van der Waals surface area contributed by atoms with Crippen molar-refractivity contribution in [1.82, 2.24) is 9.78 Å². The molecule has 0 aromatic carbocycles. The van der Waals surface area contributed by atoms with Gasteiger partial charge in [0.1, 0.15) is 5.82 Å². The molecule has 0 spiro atoms. The van der Waals surface area contributed by atoms with Gasteiger partial charge in [0.05, 0.1) is 0 Å². The van der Waals surface area contributed by atoms with E-state index < -0.39 is 0 Å². The van der Waals surface area contributed by atoms with Crippen molar-refractivity contribution in [3.8, 4) is 0 Å². The monoisotopic (exact) mass is 207 g/mol. The highest BCUT2D eigenvalue weighted by atomic mass is 15.3. The second-order valence-electron chi connectivity index (χ2n) is 4.75. The Morgan fingerprint density at radius 1 is 1.40 bits per heavy atom. The molecule has 0 unspecified atom stereocenters. The average molecular weight is 207 g/mol. The van der Waals surface area contributed by atoms with Crippen molar-refractivity contribution in [2.24, 2.45) is 5.92 Å². The summed E-state index contributed by atoms with van der Waals surface area (Å²) < 4.78 is 2.00. The number of anilines is 1. The molecule has 1 aromatic heterocycles. The van der Waals surface area contributed by atoms with Crippen molar-refractivity contribution in [3.05, 3.63) is 11.8 Å². The van der Waals surface area contributed by atoms with E-state index in [0.717, 1.165) is 18.0 Å². The van der Waals surface area contributed by atoms with Gasteiger partial charge in [0.15, 0.2) is 0 Å². The van der Waals surface area contributed by atoms with E-state index in [1.54, 1.807) is 0 Å². The summed E-state index contributed by atoms with van der Waals surface area (Å²) in [4.78, 5) is 0. The molecule has 0 aliphatic heterocycles. The molecule has 2 N–H and O–H groups in total. The molecule has 1 aliphatic carbocycles. The van der Waals surface area contributed by atoms with Crippen LogP contribution in [-0.2, 0) is 6.54 Å². The summed E-state index contributed by atoms with van der Waals surface area (Å²) in [6.07, 6.45) is 10.4. The number of nitrogen functional groups attached to an aromatic ring is 1. The Kier molecular flexibility index (Phi) is 3.29. The molecule has 1 saturated carbocycles. The van der Waals surface area contributed by atoms with Crippen molar-refractivity contribution in [2.45, 2.75) is 52.0 Å². The standard InChI is InChI=1S/C12H21N3/c1-10-9-15(14-12(10)13)8-7-11-5-3-2-4-6-11/h9,11H,2-8H2,1H3,(H2,13,14). The summed E-state index contributed by atoms with van der Waals surface area (Å²) >= 11 is 0. The van der Waals surface area contributed by atoms with Gasteiger partial charge in [-0.05, 0) is 19.3 Å². The van der Waals surface area contributed by atoms with E-state index in [9.17, 15) is 0 Å². The smallest absolute Gasteiger partial charge is 0.148 e. The van der Waals surface area contributed by atoms with Crippen LogP contribution in [0.4, 0.5) is 5.82 Å². The average Bonchev–Trinajstić information content (AvgIpc) is 2.57. The Hall–Kier alpha value is -0.990. The van der Waals surface area contributed by atoms with Crippen molar-refractivity contribution in [2.75, 3.05) is 5.73 Å². The van der Waals surface area contributed by atoms with Crippen molar-refractivity contribution >= 4 is 5.82 Å². The van der Waals surface area contributed by atoms with Crippen molar-refractivity contribution in [3.63, 3.8) is 0 Å². The maximum Gasteiger partial charge on any atom is 0.148 e. The first-order chi connectivity index (χ1) is 7.25. The van der Waals surface area contributed by atoms with Gasteiger partial charge in [-0.3, -0.25) is 4.68 Å². The first-order valence-corrected chi connectivity index (χ1v) is 6.05. The van der Waals surface area contributed by atoms with Gasteiger partial charge >= 0.3 is 0 Å². The number of hydrogen-bond acceptors (Lipinski definition) is 2. The lowest BCUT2D eigenvalue weighted by atomic mass is 9.87. The van der Waals surface area contributed by atoms with E-state index in [-0.39, 0.29) is 0 Å². The van der Waals surface area contributed by atoms with Gasteiger partial charge in [-0.1, -0.05) is 32.1 Å². The molecule has 0 saturated heterocycles. The highest BCUT2D eigenvalue weighted by molar-refractivity contribution is 5.35. The zero-order chi connectivity index (χ0) is 10.7. The van der Waals surface area contributed by atoms with Crippen LogP contribution in [0.5, 0.6) is 0 Å². The third-order valence-corrected chi connectivity index (χ3v) is 3.47. The zero-order valence-corrected chi connectivity index (χ0v) is 9.58. The largest absolute Gasteiger partial charge is 0.382 e. The van der Waals surface area contributed by atoms with Crippen LogP contribution in [0.1, 0.15) is 44.1 Å². The second kappa shape index (κ2) is 4.69. The molecule has 0 radical (unpaired) electrons. The SMILES string of the molecule is Cc1cn(CCC2CCCCC2)nc1N. The lowest BCUT2D eigenvalue weighted by Gasteiger charge is -2.21. The van der Waals surface area contributed by atoms with Gasteiger partial charge in [-0.2, -0.15) is 5.10 Å². The van der Waals surface area contributed by atoms with Gasteiger partial charge in [0.2, 0.25) is 0 Å². The van der Waals surface area contributed by atoms with Gasteiger partial charge in [-0.15, -0.1) is 0 Å². The minimum atomic E-state index is 0.679. The fraction of sp³-hybridized carbons (Fsp3) is 0.750. The molecule has 3 heteroatoms. The number of aromatic nitrogens is 2. The van der Waals surface area contributed by atoms with Crippen LogP contribution in [0.25, 0.3) is 0 Å². The van der Waals surface area contributed by atoms with E-state index in [1.807, 2.05) is 11.6 Å². The van der Waals surface area contributed by atoms with Gasteiger partial charge < -0.3 is 5.73 Å². The predicted octanol–water partition coefficient (Wildman–Crippen LogP) is 2.74. The molecule has 1 aliphatic rings. The normalized spacial score (nSPS) is 18.2. The van der Waals surface area contributed by atoms with E-state index >= 15 is 0 Å². The Labute approximate surface area is 91.7 Å². The van der Waals surface area contributed by atoms with Crippen LogP contribution in [0.2, 0.25) is 0 Å². The number of rotatable bonds is 3. The lowest BCUT2D eigenvalue weighted by Crippen LogP contribution is -2.10. The number of nitrogens with zero attached hydrogens (tertiary/aromatic N) is 2. The molecule has 3 nitrogen and oxygen atoms in total. The lowest BCUT2D eigenvalue weighted by molar-refractivity contribution is 0.319. The summed E-state index contributed by atoms with van der Waals surface area (Å²) in [5.74, 6) is 1.60. The molecular weight excluding hydrogens is 186 g/mol. The molecule has 1 aromatic rings. The van der Waals surface area contributed by atoms with Gasteiger partial charge in [-0.25, -0.2) is 0 Å². The predicted molar refractivity (Wildman–Crippen MR) is 62.6 cm³/mol. The maximum absolute atomic E-state index is 5.72. The van der Waals surface area contributed by atoms with Crippen LogP contribution in [0.3, 0.4) is 0 Å². The summed E-state index contributed by atoms with van der Waals surface area (Å²) in [6.45, 7) is 3.04. The number of aryl methyl sites for hydroxylation is 2. The van der Waals surface area contributed by atoms with E-state index in [4.69, 9.17) is 5.73 Å². The Morgan fingerprint density at radius 3 is 2.73 bits per heavy atom. The summed E-state index contributed by atoms with van der Waals surface area (Å²) in [5, 5.41) is 4.29. The maximum atomic E-state index is 5.72. The van der Waals surface area contributed by atoms with E-state index in [0.29, 0.717) is 5.82 Å². The molecule has 0 bridgehead atoms. The molecular formula is C12H21N3. The Morgan fingerprint density at radius 2 is 2.13 bits per heavy atom. The highest BCUT2D eigenvalue weighted by Gasteiger charge is 2.13. The fourth-order valence-electron chi connectivity index (χ4n) is 2.44. The Bertz CT molecular complexity index is 291. The zero-order valence-electron chi connectivity index (χ0n) is 9.58. The number of hydrogen-bond donors (Lipinski definition) is 1. The molecule has 1 fully saturated rings. The first-order valence-electron chi connectivity index (χ1n) is 6.05. The minimum Gasteiger partial charge on any atom is -0.382 e. The molecule has 15 heavy (non-hydrogen) atoms. The Balaban J connectivity index is 1.81. The van der Waals surface area contributed by atoms with Crippen LogP contribution < -0.4 is 5.73 Å². The summed E-state index contributed by atoms with van der Waals surface area (Å²) in [6, 6.07) is 0. The third-order valence-electron chi connectivity index (χ3n) is 3.47. The summed E-state index contributed by atoms with van der Waals surface area (Å²) in [5.41, 5.74) is 6.81. The van der Waals surface area contributed by atoms with Crippen LogP contribution in [0, 0.1) is 12.8 Å². The molecule has 0 amide bonds. The van der Waals surface area contributed by atoms with Crippen LogP contribution >= 0.6 is 0 Å². The fourth-order valence-corrected chi connectivity index (χ4v) is 2.44. The van der Waals surface area contributed by atoms with Gasteiger partial charge in [0, 0.05) is 18.3 Å². The summed E-state index contributed by atoms with van der Waals surface area (Å²) in [7, 11) is 0. The third kappa shape index (κ3) is 2.74. The quantitative estimate of drug-likeness (QED) is 0.828. The molecule has 0 atom stereocenters. The van der Waals surface area contributed by atoms with E-state index in [1.165, 1.54) is 38.5 Å². The second-order valence-corrected chi connectivity index (χ2v) is 4.75. The topological polar surface area (TPSA) is 43.8 Å². The van der Waals surface area contributed by atoms with Crippen LogP contribution in [0.15, 0.2) is 6.20 Å². The van der Waals surface area contributed by atoms with E-state index in [2.05, 4.69) is 11.3 Å². The van der Waals surface area contributed by atoms with Crippen molar-refractivity contribution < 1.29 is 0 Å². The van der Waals surface area contributed by atoms with Crippen molar-refractivity contribution in [1.29, 1.82) is 0 Å².